The first-order valence-electron chi connectivity index (χ1n) is 5.39. The third-order valence-corrected chi connectivity index (χ3v) is 2.51. The Balaban J connectivity index is 2.06. The van der Waals surface area contributed by atoms with Gasteiger partial charge < -0.3 is 15.2 Å². The summed E-state index contributed by atoms with van der Waals surface area (Å²) in [5, 5.41) is 11.7. The van der Waals surface area contributed by atoms with Gasteiger partial charge in [0.2, 0.25) is 0 Å². The Morgan fingerprint density at radius 1 is 1.62 bits per heavy atom. The number of carbonyl (C=O) groups is 1. The van der Waals surface area contributed by atoms with E-state index in [1.54, 1.807) is 13.0 Å². The second kappa shape index (κ2) is 4.53. The van der Waals surface area contributed by atoms with Gasteiger partial charge in [-0.25, -0.2) is 0 Å². The fourth-order valence-electron chi connectivity index (χ4n) is 1.67. The largest absolute Gasteiger partial charge is 0.493 e. The molecule has 2 rings (SSSR count). The van der Waals surface area contributed by atoms with Crippen molar-refractivity contribution in [2.75, 3.05) is 13.2 Å². The summed E-state index contributed by atoms with van der Waals surface area (Å²) in [5.41, 5.74) is 1.69. The van der Waals surface area contributed by atoms with Crippen molar-refractivity contribution in [2.45, 2.75) is 19.4 Å². The molecule has 0 spiro atoms. The highest BCUT2D eigenvalue weighted by Crippen LogP contribution is 2.25. The lowest BCUT2D eigenvalue weighted by Gasteiger charge is -2.07. The van der Waals surface area contributed by atoms with Gasteiger partial charge in [-0.3, -0.25) is 4.79 Å². The molecular weight excluding hydrogens is 206 g/mol. The predicted molar refractivity (Wildman–Crippen MR) is 59.7 cm³/mol. The van der Waals surface area contributed by atoms with E-state index in [-0.39, 0.29) is 12.5 Å². The van der Waals surface area contributed by atoms with Crippen LogP contribution in [-0.2, 0) is 6.42 Å². The fourth-order valence-corrected chi connectivity index (χ4v) is 1.67. The Kier molecular flexibility index (Phi) is 3.10. The molecular formula is C12H15NO3. The number of hydrogen-bond acceptors (Lipinski definition) is 3. The molecule has 0 aromatic heterocycles. The molecule has 1 aliphatic rings. The Morgan fingerprint density at radius 3 is 3.19 bits per heavy atom. The number of amides is 1. The van der Waals surface area contributed by atoms with Crippen LogP contribution in [0, 0.1) is 0 Å². The van der Waals surface area contributed by atoms with Crippen LogP contribution in [-0.4, -0.2) is 30.3 Å². The van der Waals surface area contributed by atoms with Crippen molar-refractivity contribution in [1.82, 2.24) is 5.32 Å². The van der Waals surface area contributed by atoms with E-state index in [4.69, 9.17) is 9.84 Å². The van der Waals surface area contributed by atoms with Crippen LogP contribution in [0.5, 0.6) is 5.75 Å². The predicted octanol–water partition coefficient (Wildman–Crippen LogP) is 0.732. The molecule has 0 fully saturated rings. The average molecular weight is 221 g/mol. The number of fused-ring (bicyclic) bond motifs is 1. The Bertz CT molecular complexity index is 401. The van der Waals surface area contributed by atoms with Gasteiger partial charge in [-0.1, -0.05) is 0 Å². The van der Waals surface area contributed by atoms with E-state index < -0.39 is 6.10 Å². The van der Waals surface area contributed by atoms with Gasteiger partial charge in [0, 0.05) is 18.5 Å². The number of aliphatic hydroxyl groups is 1. The van der Waals surface area contributed by atoms with Crippen LogP contribution in [0.3, 0.4) is 0 Å². The van der Waals surface area contributed by atoms with Crippen LogP contribution in [0.1, 0.15) is 22.8 Å². The summed E-state index contributed by atoms with van der Waals surface area (Å²) in [6.07, 6.45) is 0.328. The van der Waals surface area contributed by atoms with Gasteiger partial charge in [-0.2, -0.15) is 0 Å². The number of rotatable bonds is 3. The van der Waals surface area contributed by atoms with E-state index in [0.717, 1.165) is 17.7 Å². The maximum absolute atomic E-state index is 11.7. The minimum atomic E-state index is -0.526. The van der Waals surface area contributed by atoms with E-state index in [1.165, 1.54) is 0 Å². The Hall–Kier alpha value is -1.55. The van der Waals surface area contributed by atoms with Crippen molar-refractivity contribution in [3.63, 3.8) is 0 Å². The summed E-state index contributed by atoms with van der Waals surface area (Å²) in [6.45, 7) is 2.59. The van der Waals surface area contributed by atoms with E-state index in [1.807, 2.05) is 12.1 Å². The maximum Gasteiger partial charge on any atom is 0.251 e. The summed E-state index contributed by atoms with van der Waals surface area (Å²) in [7, 11) is 0. The van der Waals surface area contributed by atoms with Crippen molar-refractivity contribution >= 4 is 5.91 Å². The lowest BCUT2D eigenvalue weighted by atomic mass is 10.1. The fraction of sp³-hybridized carbons (Fsp3) is 0.417. The molecule has 0 saturated carbocycles. The summed E-state index contributed by atoms with van der Waals surface area (Å²) in [4.78, 5) is 11.7. The molecule has 1 heterocycles. The van der Waals surface area contributed by atoms with Crippen LogP contribution in [0.15, 0.2) is 18.2 Å². The monoisotopic (exact) mass is 221 g/mol. The van der Waals surface area contributed by atoms with Gasteiger partial charge >= 0.3 is 0 Å². The van der Waals surface area contributed by atoms with E-state index in [9.17, 15) is 4.79 Å². The Labute approximate surface area is 94.2 Å². The Morgan fingerprint density at radius 2 is 2.44 bits per heavy atom. The molecule has 1 aromatic rings. The molecule has 1 atom stereocenters. The lowest BCUT2D eigenvalue weighted by Crippen LogP contribution is -2.30. The van der Waals surface area contributed by atoms with Crippen LogP contribution in [0.4, 0.5) is 0 Å². The van der Waals surface area contributed by atoms with Crippen molar-refractivity contribution in [3.8, 4) is 5.75 Å². The topological polar surface area (TPSA) is 58.6 Å². The minimum absolute atomic E-state index is 0.157. The second-order valence-corrected chi connectivity index (χ2v) is 3.98. The van der Waals surface area contributed by atoms with Crippen LogP contribution in [0.2, 0.25) is 0 Å². The maximum atomic E-state index is 11.7. The molecule has 0 unspecified atom stereocenters. The van der Waals surface area contributed by atoms with Gasteiger partial charge in [0.1, 0.15) is 5.75 Å². The number of hydrogen-bond donors (Lipinski definition) is 2. The summed E-state index contributed by atoms with van der Waals surface area (Å²) in [6, 6.07) is 5.40. The van der Waals surface area contributed by atoms with Gasteiger partial charge in [0.05, 0.1) is 12.7 Å². The first-order valence-corrected chi connectivity index (χ1v) is 5.39. The normalized spacial score (nSPS) is 15.1. The van der Waals surface area contributed by atoms with Crippen molar-refractivity contribution in [2.24, 2.45) is 0 Å². The molecule has 0 bridgehead atoms. The molecule has 2 N–H and O–H groups in total. The molecule has 16 heavy (non-hydrogen) atoms. The van der Waals surface area contributed by atoms with Crippen LogP contribution >= 0.6 is 0 Å². The molecule has 86 valence electrons. The quantitative estimate of drug-likeness (QED) is 0.791. The van der Waals surface area contributed by atoms with E-state index in [0.29, 0.717) is 12.2 Å². The highest BCUT2D eigenvalue weighted by molar-refractivity contribution is 5.94. The highest BCUT2D eigenvalue weighted by atomic mass is 16.5. The smallest absolute Gasteiger partial charge is 0.251 e. The molecule has 0 aliphatic carbocycles. The summed E-state index contributed by atoms with van der Waals surface area (Å²) >= 11 is 0. The zero-order valence-electron chi connectivity index (χ0n) is 9.19. The number of benzene rings is 1. The standard InChI is InChI=1S/C12H15NO3/c1-8(14)7-13-12(15)10-2-3-11-9(6-10)4-5-16-11/h2-3,6,8,14H,4-5,7H2,1H3,(H,13,15)/t8-/m0/s1. The number of aliphatic hydroxyl groups excluding tert-OH is 1. The molecule has 1 amide bonds. The molecule has 0 radical (unpaired) electrons. The van der Waals surface area contributed by atoms with Crippen LogP contribution < -0.4 is 10.1 Å². The molecule has 0 saturated heterocycles. The van der Waals surface area contributed by atoms with Crippen LogP contribution in [0.25, 0.3) is 0 Å². The molecule has 4 nitrogen and oxygen atoms in total. The van der Waals surface area contributed by atoms with Gasteiger partial charge in [0.15, 0.2) is 0 Å². The van der Waals surface area contributed by atoms with Crippen molar-refractivity contribution in [3.05, 3.63) is 29.3 Å². The number of nitrogens with one attached hydrogen (secondary N) is 1. The zero-order chi connectivity index (χ0) is 11.5. The van der Waals surface area contributed by atoms with E-state index >= 15 is 0 Å². The second-order valence-electron chi connectivity index (χ2n) is 3.98. The third-order valence-electron chi connectivity index (χ3n) is 2.51. The number of ether oxygens (including phenoxy) is 1. The SMILES string of the molecule is C[C@H](O)CNC(=O)c1ccc2c(c1)CCO2. The summed E-state index contributed by atoms with van der Waals surface area (Å²) < 4.78 is 5.36. The zero-order valence-corrected chi connectivity index (χ0v) is 9.19. The van der Waals surface area contributed by atoms with Gasteiger partial charge in [0.25, 0.3) is 5.91 Å². The van der Waals surface area contributed by atoms with Gasteiger partial charge in [-0.15, -0.1) is 0 Å². The first-order chi connectivity index (χ1) is 7.66. The van der Waals surface area contributed by atoms with Gasteiger partial charge in [-0.05, 0) is 30.7 Å². The van der Waals surface area contributed by atoms with E-state index in [2.05, 4.69) is 5.32 Å². The average Bonchev–Trinajstić information content (AvgIpc) is 2.72. The first kappa shape index (κ1) is 11.0. The third kappa shape index (κ3) is 2.33. The molecule has 1 aliphatic heterocycles. The molecule has 1 aromatic carbocycles. The lowest BCUT2D eigenvalue weighted by molar-refractivity contribution is 0.0924. The minimum Gasteiger partial charge on any atom is -0.493 e. The molecule has 4 heteroatoms. The van der Waals surface area contributed by atoms with Crippen molar-refractivity contribution < 1.29 is 14.6 Å². The number of carbonyl (C=O) groups excluding carboxylic acids is 1. The summed E-state index contributed by atoms with van der Waals surface area (Å²) in [5.74, 6) is 0.711. The highest BCUT2D eigenvalue weighted by Gasteiger charge is 2.14. The van der Waals surface area contributed by atoms with Crippen molar-refractivity contribution in [1.29, 1.82) is 0 Å².